The van der Waals surface area contributed by atoms with E-state index in [9.17, 15) is 0 Å². The van der Waals surface area contributed by atoms with Crippen LogP contribution in [0.1, 0.15) is 11.1 Å². The third kappa shape index (κ3) is 3.70. The molecule has 6 heteroatoms. The molecule has 0 aliphatic carbocycles. The van der Waals surface area contributed by atoms with Gasteiger partial charge in [-0.15, -0.1) is 0 Å². The van der Waals surface area contributed by atoms with Crippen LogP contribution in [0.2, 0.25) is 0 Å². The van der Waals surface area contributed by atoms with Crippen LogP contribution >= 0.6 is 15.9 Å². The number of anilines is 4. The third-order valence-corrected chi connectivity index (χ3v) is 4.30. The average molecular weight is 380 g/mol. The first-order valence-corrected chi connectivity index (χ1v) is 8.06. The van der Waals surface area contributed by atoms with Gasteiger partial charge in [-0.2, -0.15) is 5.26 Å². The van der Waals surface area contributed by atoms with Crippen LogP contribution in [0.5, 0.6) is 0 Å². The molecule has 0 unspecified atom stereocenters. The lowest BCUT2D eigenvalue weighted by Crippen LogP contribution is -1.99. The van der Waals surface area contributed by atoms with E-state index in [0.29, 0.717) is 22.9 Å². The Kier molecular flexibility index (Phi) is 4.73. The maximum Gasteiger partial charge on any atom is 0.135 e. The second-order valence-corrected chi connectivity index (χ2v) is 6.01. The SMILES string of the molecule is Cc1cc(Nc2cc(Nc3ccccc3C#N)ncn2)ccc1Br. The van der Waals surface area contributed by atoms with Crippen LogP contribution in [0.25, 0.3) is 0 Å². The molecule has 1 aromatic heterocycles. The molecule has 0 saturated carbocycles. The van der Waals surface area contributed by atoms with Crippen molar-refractivity contribution in [3.63, 3.8) is 0 Å². The summed E-state index contributed by atoms with van der Waals surface area (Å²) in [6.07, 6.45) is 1.48. The zero-order chi connectivity index (χ0) is 16.9. The van der Waals surface area contributed by atoms with E-state index in [1.54, 1.807) is 12.1 Å². The Morgan fingerprint density at radius 1 is 1.00 bits per heavy atom. The first kappa shape index (κ1) is 16.0. The largest absolute Gasteiger partial charge is 0.340 e. The fraction of sp³-hybridized carbons (Fsp3) is 0.0556. The number of nitrogens with one attached hydrogen (secondary N) is 2. The van der Waals surface area contributed by atoms with E-state index >= 15 is 0 Å². The van der Waals surface area contributed by atoms with E-state index in [4.69, 9.17) is 5.26 Å². The summed E-state index contributed by atoms with van der Waals surface area (Å²) in [4.78, 5) is 8.44. The maximum atomic E-state index is 9.16. The molecular formula is C18H14BrN5. The minimum Gasteiger partial charge on any atom is -0.340 e. The molecule has 0 amide bonds. The average Bonchev–Trinajstić information content (AvgIpc) is 2.59. The van der Waals surface area contributed by atoms with E-state index in [1.165, 1.54) is 6.33 Å². The van der Waals surface area contributed by atoms with Gasteiger partial charge in [0.2, 0.25) is 0 Å². The van der Waals surface area contributed by atoms with Gasteiger partial charge in [-0.05, 0) is 42.8 Å². The number of para-hydroxylation sites is 1. The molecule has 1 heterocycles. The van der Waals surface area contributed by atoms with Crippen molar-refractivity contribution in [1.82, 2.24) is 9.97 Å². The van der Waals surface area contributed by atoms with Gasteiger partial charge < -0.3 is 10.6 Å². The second kappa shape index (κ2) is 7.11. The van der Waals surface area contributed by atoms with Gasteiger partial charge >= 0.3 is 0 Å². The molecule has 0 spiro atoms. The van der Waals surface area contributed by atoms with Crippen LogP contribution < -0.4 is 10.6 Å². The number of nitriles is 1. The van der Waals surface area contributed by atoms with Crippen LogP contribution in [0.3, 0.4) is 0 Å². The number of hydrogen-bond acceptors (Lipinski definition) is 5. The summed E-state index contributed by atoms with van der Waals surface area (Å²) >= 11 is 3.49. The van der Waals surface area contributed by atoms with E-state index in [0.717, 1.165) is 15.7 Å². The zero-order valence-corrected chi connectivity index (χ0v) is 14.5. The summed E-state index contributed by atoms with van der Waals surface area (Å²) in [5, 5.41) is 15.6. The molecule has 0 atom stereocenters. The number of aryl methyl sites for hydroxylation is 1. The molecule has 0 aliphatic rings. The summed E-state index contributed by atoms with van der Waals surface area (Å²) < 4.78 is 1.06. The number of benzene rings is 2. The normalized spacial score (nSPS) is 10.0. The van der Waals surface area contributed by atoms with Gasteiger partial charge in [0.05, 0.1) is 11.3 Å². The highest BCUT2D eigenvalue weighted by atomic mass is 79.9. The topological polar surface area (TPSA) is 73.6 Å². The predicted octanol–water partition coefficient (Wildman–Crippen LogP) is 4.91. The molecule has 0 aliphatic heterocycles. The van der Waals surface area contributed by atoms with Crippen LogP contribution in [-0.4, -0.2) is 9.97 Å². The van der Waals surface area contributed by atoms with Crippen molar-refractivity contribution in [1.29, 1.82) is 5.26 Å². The highest BCUT2D eigenvalue weighted by Gasteiger charge is 2.04. The fourth-order valence-corrected chi connectivity index (χ4v) is 2.44. The van der Waals surface area contributed by atoms with Crippen LogP contribution in [0, 0.1) is 18.3 Å². The first-order chi connectivity index (χ1) is 11.7. The maximum absolute atomic E-state index is 9.16. The van der Waals surface area contributed by atoms with Gasteiger partial charge in [0.15, 0.2) is 0 Å². The number of rotatable bonds is 4. The third-order valence-electron chi connectivity index (χ3n) is 3.41. The molecule has 5 nitrogen and oxygen atoms in total. The van der Waals surface area contributed by atoms with Crippen molar-refractivity contribution in [2.45, 2.75) is 6.92 Å². The summed E-state index contributed by atoms with van der Waals surface area (Å²) in [6, 6.07) is 17.2. The predicted molar refractivity (Wildman–Crippen MR) is 98.6 cm³/mol. The van der Waals surface area contributed by atoms with Crippen LogP contribution in [-0.2, 0) is 0 Å². The number of halogens is 1. The van der Waals surface area contributed by atoms with Crippen molar-refractivity contribution in [3.05, 3.63) is 70.5 Å². The number of nitrogens with zero attached hydrogens (tertiary/aromatic N) is 3. The van der Waals surface area contributed by atoms with E-state index in [2.05, 4.69) is 42.6 Å². The van der Waals surface area contributed by atoms with Gasteiger partial charge in [-0.3, -0.25) is 0 Å². The molecule has 0 saturated heterocycles. The Morgan fingerprint density at radius 3 is 2.50 bits per heavy atom. The molecule has 0 radical (unpaired) electrons. The molecule has 2 N–H and O–H groups in total. The molecular weight excluding hydrogens is 366 g/mol. The van der Waals surface area contributed by atoms with Crippen LogP contribution in [0.15, 0.2) is 59.3 Å². The minimum absolute atomic E-state index is 0.564. The Bertz CT molecular complexity index is 917. The fourth-order valence-electron chi connectivity index (χ4n) is 2.19. The van der Waals surface area contributed by atoms with Gasteiger partial charge in [0, 0.05) is 16.2 Å². The second-order valence-electron chi connectivity index (χ2n) is 5.16. The molecule has 3 aromatic rings. The van der Waals surface area contributed by atoms with E-state index in [-0.39, 0.29) is 0 Å². The summed E-state index contributed by atoms with van der Waals surface area (Å²) in [7, 11) is 0. The van der Waals surface area contributed by atoms with Crippen molar-refractivity contribution >= 4 is 38.9 Å². The van der Waals surface area contributed by atoms with Gasteiger partial charge in [0.1, 0.15) is 24.0 Å². The lowest BCUT2D eigenvalue weighted by atomic mass is 10.2. The smallest absolute Gasteiger partial charge is 0.135 e. The molecule has 118 valence electrons. The van der Waals surface area contributed by atoms with Crippen molar-refractivity contribution in [2.75, 3.05) is 10.6 Å². The summed E-state index contributed by atoms with van der Waals surface area (Å²) in [6.45, 7) is 2.03. The highest BCUT2D eigenvalue weighted by Crippen LogP contribution is 2.24. The molecule has 2 aromatic carbocycles. The Hall–Kier alpha value is -2.91. The van der Waals surface area contributed by atoms with E-state index in [1.807, 2.05) is 43.3 Å². The summed E-state index contributed by atoms with van der Waals surface area (Å²) in [5.41, 5.74) is 3.35. The number of aromatic nitrogens is 2. The molecule has 3 rings (SSSR count). The summed E-state index contributed by atoms with van der Waals surface area (Å²) in [5.74, 6) is 1.28. The Balaban J connectivity index is 1.81. The Morgan fingerprint density at radius 2 is 1.75 bits per heavy atom. The van der Waals surface area contributed by atoms with Gasteiger partial charge in [-0.1, -0.05) is 28.1 Å². The molecule has 24 heavy (non-hydrogen) atoms. The van der Waals surface area contributed by atoms with Crippen molar-refractivity contribution < 1.29 is 0 Å². The lowest BCUT2D eigenvalue weighted by molar-refractivity contribution is 1.16. The minimum atomic E-state index is 0.564. The quantitative estimate of drug-likeness (QED) is 0.673. The van der Waals surface area contributed by atoms with Crippen molar-refractivity contribution in [3.8, 4) is 6.07 Å². The lowest BCUT2D eigenvalue weighted by Gasteiger charge is -2.10. The van der Waals surface area contributed by atoms with Crippen molar-refractivity contribution in [2.24, 2.45) is 0 Å². The van der Waals surface area contributed by atoms with Crippen LogP contribution in [0.4, 0.5) is 23.0 Å². The molecule has 0 fully saturated rings. The van der Waals surface area contributed by atoms with E-state index < -0.39 is 0 Å². The monoisotopic (exact) mass is 379 g/mol. The first-order valence-electron chi connectivity index (χ1n) is 7.27. The highest BCUT2D eigenvalue weighted by molar-refractivity contribution is 9.10. The van der Waals surface area contributed by atoms with Gasteiger partial charge in [-0.25, -0.2) is 9.97 Å². The number of hydrogen-bond donors (Lipinski definition) is 2. The standard InChI is InChI=1S/C18H14BrN5/c1-12-8-14(6-7-15(12)19)23-17-9-18(22-11-21-17)24-16-5-3-2-4-13(16)10-20/h2-9,11H,1H3,(H2,21,22,23,24). The molecule has 0 bridgehead atoms. The zero-order valence-electron chi connectivity index (χ0n) is 12.9. The van der Waals surface area contributed by atoms with Gasteiger partial charge in [0.25, 0.3) is 0 Å². The Labute approximate surface area is 148 Å².